The summed E-state index contributed by atoms with van der Waals surface area (Å²) >= 11 is 0. The maximum Gasteiger partial charge on any atom is 0.251 e. The van der Waals surface area contributed by atoms with E-state index in [2.05, 4.69) is 20.7 Å². The van der Waals surface area contributed by atoms with Gasteiger partial charge in [-0.05, 0) is 48.9 Å². The van der Waals surface area contributed by atoms with Gasteiger partial charge >= 0.3 is 0 Å². The minimum absolute atomic E-state index is 0.0945. The van der Waals surface area contributed by atoms with Crippen LogP contribution in [0.2, 0.25) is 0 Å². The molecule has 1 aromatic carbocycles. The SMILES string of the molecule is O=C(N[C@H](c1nnn(C[C@H]2CCCO2)n1)C1CC1)c1ccccc1. The molecule has 1 saturated carbocycles. The van der Waals surface area contributed by atoms with Crippen LogP contribution in [0.1, 0.15) is 47.9 Å². The van der Waals surface area contributed by atoms with E-state index in [-0.39, 0.29) is 18.1 Å². The summed E-state index contributed by atoms with van der Waals surface area (Å²) in [5.41, 5.74) is 0.648. The number of benzene rings is 1. The lowest BCUT2D eigenvalue weighted by molar-refractivity contribution is 0.0892. The van der Waals surface area contributed by atoms with Gasteiger partial charge in [0.25, 0.3) is 5.91 Å². The molecule has 7 nitrogen and oxygen atoms in total. The van der Waals surface area contributed by atoms with Gasteiger partial charge in [0.1, 0.15) is 0 Å². The van der Waals surface area contributed by atoms with Crippen molar-refractivity contribution < 1.29 is 9.53 Å². The molecule has 1 N–H and O–H groups in total. The first-order valence-corrected chi connectivity index (χ1v) is 8.55. The average Bonchev–Trinajstić information content (AvgIpc) is 3.13. The first-order valence-electron chi connectivity index (χ1n) is 8.55. The zero-order valence-electron chi connectivity index (χ0n) is 13.5. The Hall–Kier alpha value is -2.28. The van der Waals surface area contributed by atoms with Crippen LogP contribution < -0.4 is 5.32 Å². The molecule has 0 bridgehead atoms. The van der Waals surface area contributed by atoms with Crippen molar-refractivity contribution in [2.45, 2.75) is 44.4 Å². The van der Waals surface area contributed by atoms with Gasteiger partial charge in [-0.3, -0.25) is 4.79 Å². The molecule has 2 fully saturated rings. The highest BCUT2D eigenvalue weighted by molar-refractivity contribution is 5.94. The summed E-state index contributed by atoms with van der Waals surface area (Å²) in [6.45, 7) is 1.43. The predicted molar refractivity (Wildman–Crippen MR) is 86.2 cm³/mol. The molecular weight excluding hydrogens is 306 g/mol. The van der Waals surface area contributed by atoms with Crippen molar-refractivity contribution in [3.63, 3.8) is 0 Å². The van der Waals surface area contributed by atoms with Gasteiger partial charge in [0.05, 0.1) is 18.7 Å². The predicted octanol–water partition coefficient (Wildman–Crippen LogP) is 1.73. The molecular formula is C17H21N5O2. The van der Waals surface area contributed by atoms with Crippen LogP contribution in [0.5, 0.6) is 0 Å². The van der Waals surface area contributed by atoms with E-state index >= 15 is 0 Å². The lowest BCUT2D eigenvalue weighted by Crippen LogP contribution is -2.30. The first kappa shape index (κ1) is 15.3. The summed E-state index contributed by atoms with van der Waals surface area (Å²) in [6, 6.07) is 9.06. The van der Waals surface area contributed by atoms with Gasteiger partial charge in [-0.1, -0.05) is 18.2 Å². The number of nitrogens with zero attached hydrogens (tertiary/aromatic N) is 4. The summed E-state index contributed by atoms with van der Waals surface area (Å²) in [7, 11) is 0. The lowest BCUT2D eigenvalue weighted by atomic mass is 10.1. The molecule has 126 valence electrons. The first-order chi connectivity index (χ1) is 11.8. The van der Waals surface area contributed by atoms with Gasteiger partial charge in [0.15, 0.2) is 5.82 Å². The maximum atomic E-state index is 12.4. The van der Waals surface area contributed by atoms with Gasteiger partial charge in [-0.25, -0.2) is 0 Å². The van der Waals surface area contributed by atoms with E-state index in [4.69, 9.17) is 4.74 Å². The smallest absolute Gasteiger partial charge is 0.251 e. The molecule has 2 aliphatic rings. The van der Waals surface area contributed by atoms with Crippen LogP contribution in [0.3, 0.4) is 0 Å². The number of amides is 1. The molecule has 1 aliphatic heterocycles. The van der Waals surface area contributed by atoms with Crippen LogP contribution in [0, 0.1) is 5.92 Å². The normalized spacial score (nSPS) is 21.6. The molecule has 1 aliphatic carbocycles. The molecule has 0 spiro atoms. The van der Waals surface area contributed by atoms with E-state index in [0.717, 1.165) is 32.3 Å². The second-order valence-electron chi connectivity index (χ2n) is 6.49. The summed E-state index contributed by atoms with van der Waals surface area (Å²) < 4.78 is 5.61. The van der Waals surface area contributed by atoms with Crippen molar-refractivity contribution in [3.05, 3.63) is 41.7 Å². The molecule has 0 radical (unpaired) electrons. The molecule has 2 aromatic rings. The number of carbonyl (C=O) groups excluding carboxylic acids is 1. The fourth-order valence-corrected chi connectivity index (χ4v) is 3.06. The number of rotatable bonds is 6. The molecule has 4 rings (SSSR count). The number of ether oxygens (including phenoxy) is 1. The standard InChI is InChI=1S/C17H21N5O2/c23-17(13-5-2-1-3-6-13)18-15(12-8-9-12)16-19-21-22(20-16)11-14-7-4-10-24-14/h1-3,5-6,12,14-15H,4,7-11H2,(H,18,23)/t14-,15+/m1/s1. The Labute approximate surface area is 140 Å². The molecule has 7 heteroatoms. The quantitative estimate of drug-likeness (QED) is 0.874. The second kappa shape index (κ2) is 6.68. The van der Waals surface area contributed by atoms with Crippen LogP contribution in [0.25, 0.3) is 0 Å². The maximum absolute atomic E-state index is 12.4. The van der Waals surface area contributed by atoms with E-state index < -0.39 is 0 Å². The Kier molecular flexibility index (Phi) is 4.25. The summed E-state index contributed by atoms with van der Waals surface area (Å²) in [5.74, 6) is 0.904. The molecule has 2 atom stereocenters. The van der Waals surface area contributed by atoms with E-state index in [1.807, 2.05) is 18.2 Å². The van der Waals surface area contributed by atoms with Crippen molar-refractivity contribution in [1.82, 2.24) is 25.5 Å². The van der Waals surface area contributed by atoms with Crippen molar-refractivity contribution in [2.24, 2.45) is 5.92 Å². The number of tetrazole rings is 1. The Morgan fingerprint density at radius 2 is 2.12 bits per heavy atom. The van der Waals surface area contributed by atoms with Crippen LogP contribution in [-0.2, 0) is 11.3 Å². The van der Waals surface area contributed by atoms with Crippen LogP contribution in [-0.4, -0.2) is 38.8 Å². The Morgan fingerprint density at radius 1 is 1.29 bits per heavy atom. The Balaban J connectivity index is 1.45. The van der Waals surface area contributed by atoms with Crippen LogP contribution >= 0.6 is 0 Å². The van der Waals surface area contributed by atoms with Gasteiger partial charge in [0, 0.05) is 12.2 Å². The number of aromatic nitrogens is 4. The highest BCUT2D eigenvalue weighted by atomic mass is 16.5. The Bertz CT molecular complexity index is 692. The van der Waals surface area contributed by atoms with Gasteiger partial charge in [-0.15, -0.1) is 10.2 Å². The Morgan fingerprint density at radius 3 is 2.83 bits per heavy atom. The molecule has 2 heterocycles. The third-order valence-electron chi connectivity index (χ3n) is 4.55. The zero-order valence-corrected chi connectivity index (χ0v) is 13.5. The number of hydrogen-bond acceptors (Lipinski definition) is 5. The molecule has 1 saturated heterocycles. The molecule has 1 aromatic heterocycles. The van der Waals surface area contributed by atoms with Gasteiger partial charge < -0.3 is 10.1 Å². The second-order valence-corrected chi connectivity index (χ2v) is 6.49. The number of carbonyl (C=O) groups is 1. The van der Waals surface area contributed by atoms with Crippen molar-refractivity contribution in [2.75, 3.05) is 6.61 Å². The van der Waals surface area contributed by atoms with Gasteiger partial charge in [0.2, 0.25) is 0 Å². The fraction of sp³-hybridized carbons (Fsp3) is 0.529. The van der Waals surface area contributed by atoms with Crippen molar-refractivity contribution >= 4 is 5.91 Å². The summed E-state index contributed by atoms with van der Waals surface area (Å²) in [6.07, 6.45) is 4.46. The lowest BCUT2D eigenvalue weighted by Gasteiger charge is -2.14. The monoisotopic (exact) mass is 327 g/mol. The fourth-order valence-electron chi connectivity index (χ4n) is 3.06. The zero-order chi connectivity index (χ0) is 16.4. The van der Waals surface area contributed by atoms with Crippen molar-refractivity contribution in [3.8, 4) is 0 Å². The van der Waals surface area contributed by atoms with Crippen molar-refractivity contribution in [1.29, 1.82) is 0 Å². The third kappa shape index (κ3) is 3.46. The van der Waals surface area contributed by atoms with E-state index in [1.54, 1.807) is 16.9 Å². The van der Waals surface area contributed by atoms with E-state index in [0.29, 0.717) is 23.9 Å². The number of hydrogen-bond donors (Lipinski definition) is 1. The third-order valence-corrected chi connectivity index (χ3v) is 4.55. The highest BCUT2D eigenvalue weighted by Crippen LogP contribution is 2.39. The van der Waals surface area contributed by atoms with Crippen LogP contribution in [0.15, 0.2) is 30.3 Å². The highest BCUT2D eigenvalue weighted by Gasteiger charge is 2.36. The largest absolute Gasteiger partial charge is 0.376 e. The molecule has 0 unspecified atom stereocenters. The van der Waals surface area contributed by atoms with Crippen LogP contribution in [0.4, 0.5) is 0 Å². The topological polar surface area (TPSA) is 81.9 Å². The summed E-state index contributed by atoms with van der Waals surface area (Å²) in [4.78, 5) is 14.0. The van der Waals surface area contributed by atoms with E-state index in [9.17, 15) is 4.79 Å². The van der Waals surface area contributed by atoms with Gasteiger partial charge in [-0.2, -0.15) is 4.80 Å². The average molecular weight is 327 g/mol. The van der Waals surface area contributed by atoms with E-state index in [1.165, 1.54) is 0 Å². The molecule has 24 heavy (non-hydrogen) atoms. The number of nitrogens with one attached hydrogen (secondary N) is 1. The summed E-state index contributed by atoms with van der Waals surface area (Å²) in [5, 5.41) is 15.9. The minimum Gasteiger partial charge on any atom is -0.376 e. The minimum atomic E-state index is -0.170. The molecule has 1 amide bonds.